The zero-order valence-electron chi connectivity index (χ0n) is 19.7. The Labute approximate surface area is 207 Å². The molecule has 0 spiro atoms. The largest absolute Gasteiger partial charge is 0.465 e. The second kappa shape index (κ2) is 9.44. The normalized spacial score (nSPS) is 22.8. The summed E-state index contributed by atoms with van der Waals surface area (Å²) in [4.78, 5) is 40.3. The first kappa shape index (κ1) is 24.1. The Bertz CT molecular complexity index is 1200. The van der Waals surface area contributed by atoms with Gasteiger partial charge in [0, 0.05) is 19.5 Å². The molecule has 5 rings (SSSR count). The topological polar surface area (TPSA) is 65.1 Å². The van der Waals surface area contributed by atoms with E-state index in [9.17, 15) is 18.4 Å². The van der Waals surface area contributed by atoms with Crippen molar-refractivity contribution >= 4 is 11.9 Å². The van der Waals surface area contributed by atoms with Crippen LogP contribution in [0.5, 0.6) is 0 Å². The highest BCUT2D eigenvalue weighted by molar-refractivity contribution is 5.94. The summed E-state index contributed by atoms with van der Waals surface area (Å²) in [5.74, 6) is -1.88. The van der Waals surface area contributed by atoms with Crippen LogP contribution in [0.1, 0.15) is 30.0 Å². The molecule has 0 aliphatic carbocycles. The predicted octanol–water partition coefficient (Wildman–Crippen LogP) is 4.52. The summed E-state index contributed by atoms with van der Waals surface area (Å²) in [6.07, 6.45) is -1.26. The van der Waals surface area contributed by atoms with Crippen molar-refractivity contribution in [1.29, 1.82) is 0 Å². The summed E-state index contributed by atoms with van der Waals surface area (Å²) in [6, 6.07) is 20.6. The van der Waals surface area contributed by atoms with Crippen LogP contribution in [0.15, 0.2) is 78.9 Å². The number of benzene rings is 3. The lowest BCUT2D eigenvalue weighted by molar-refractivity contribution is -0.413. The van der Waals surface area contributed by atoms with Crippen LogP contribution in [0.4, 0.5) is 8.78 Å². The van der Waals surface area contributed by atoms with Gasteiger partial charge in [-0.3, -0.25) is 9.59 Å². The Morgan fingerprint density at radius 3 is 2.11 bits per heavy atom. The van der Waals surface area contributed by atoms with Gasteiger partial charge in [0.05, 0.1) is 6.61 Å². The zero-order valence-corrected chi connectivity index (χ0v) is 19.7. The van der Waals surface area contributed by atoms with Crippen LogP contribution in [0.3, 0.4) is 0 Å². The molecule has 3 aromatic rings. The lowest BCUT2D eigenvalue weighted by atomic mass is 9.69. The molecular formula is C28H25F2NO5. The van der Waals surface area contributed by atoms with Crippen LogP contribution in [0.25, 0.3) is 0 Å². The maximum Gasteiger partial charge on any atom is 0.317 e. The van der Waals surface area contributed by atoms with E-state index in [0.29, 0.717) is 11.1 Å². The summed E-state index contributed by atoms with van der Waals surface area (Å²) < 4.78 is 33.1. The van der Waals surface area contributed by atoms with Crippen molar-refractivity contribution in [2.75, 3.05) is 13.2 Å². The van der Waals surface area contributed by atoms with Crippen LogP contribution in [0.2, 0.25) is 0 Å². The van der Waals surface area contributed by atoms with Crippen LogP contribution in [-0.2, 0) is 36.2 Å². The van der Waals surface area contributed by atoms with Gasteiger partial charge in [-0.2, -0.15) is 0 Å². The molecule has 0 bridgehead atoms. The van der Waals surface area contributed by atoms with E-state index in [4.69, 9.17) is 14.5 Å². The number of likely N-dealkylation sites (tertiary alicyclic amines) is 1. The van der Waals surface area contributed by atoms with Gasteiger partial charge in [-0.05, 0) is 47.9 Å². The van der Waals surface area contributed by atoms with Gasteiger partial charge in [-0.1, -0.05) is 54.6 Å². The number of ether oxygens (including phenoxy) is 1. The molecule has 0 aromatic heterocycles. The molecule has 2 aliphatic heterocycles. The molecule has 2 fully saturated rings. The first-order chi connectivity index (χ1) is 17.4. The smallest absolute Gasteiger partial charge is 0.317 e. The quantitative estimate of drug-likeness (QED) is 0.373. The summed E-state index contributed by atoms with van der Waals surface area (Å²) in [5, 5.41) is 0. The van der Waals surface area contributed by atoms with Crippen molar-refractivity contribution in [3.05, 3.63) is 107 Å². The maximum absolute atomic E-state index is 13.8. The molecule has 0 N–H and O–H groups in total. The van der Waals surface area contributed by atoms with Gasteiger partial charge in [-0.25, -0.2) is 18.6 Å². The average molecular weight is 494 g/mol. The van der Waals surface area contributed by atoms with Crippen LogP contribution in [0, 0.1) is 17.0 Å². The Kier molecular flexibility index (Phi) is 6.32. The number of hydrogen-bond donors (Lipinski definition) is 0. The highest BCUT2D eigenvalue weighted by atomic mass is 19.1. The Morgan fingerprint density at radius 2 is 1.56 bits per heavy atom. The van der Waals surface area contributed by atoms with E-state index in [-0.39, 0.29) is 26.1 Å². The van der Waals surface area contributed by atoms with E-state index < -0.39 is 40.6 Å². The first-order valence-electron chi connectivity index (χ1n) is 11.7. The average Bonchev–Trinajstić information content (AvgIpc) is 3.17. The van der Waals surface area contributed by atoms with Crippen molar-refractivity contribution in [2.45, 2.75) is 31.6 Å². The van der Waals surface area contributed by atoms with Crippen molar-refractivity contribution in [3.63, 3.8) is 0 Å². The standard InChI is InChI=1S/C28H25F2NO5/c1-2-34-26(33)27-17-28(20-8-12-22(29)13-9-20,21-10-14-23(30)15-11-21)36-35-24(27)25(32)31(18-27)16-19-6-4-3-5-7-19/h3-15,24H,2,16-18H2,1H3. The number of hydrogen-bond acceptors (Lipinski definition) is 5. The minimum atomic E-state index is -1.42. The highest BCUT2D eigenvalue weighted by Crippen LogP contribution is 2.53. The summed E-state index contributed by atoms with van der Waals surface area (Å²) in [7, 11) is 0. The maximum atomic E-state index is 13.8. The number of esters is 1. The number of rotatable bonds is 6. The summed E-state index contributed by atoms with van der Waals surface area (Å²) in [6.45, 7) is 2.12. The van der Waals surface area contributed by atoms with Crippen LogP contribution < -0.4 is 0 Å². The monoisotopic (exact) mass is 493 g/mol. The molecular weight excluding hydrogens is 468 g/mol. The number of carbonyl (C=O) groups excluding carboxylic acids is 2. The third kappa shape index (κ3) is 4.06. The van der Waals surface area contributed by atoms with E-state index in [1.165, 1.54) is 48.5 Å². The fourth-order valence-electron chi connectivity index (χ4n) is 5.15. The van der Waals surface area contributed by atoms with Gasteiger partial charge in [0.15, 0.2) is 11.7 Å². The van der Waals surface area contributed by atoms with E-state index in [2.05, 4.69) is 0 Å². The molecule has 8 heteroatoms. The second-order valence-electron chi connectivity index (χ2n) is 9.13. The third-order valence-electron chi connectivity index (χ3n) is 6.88. The van der Waals surface area contributed by atoms with Crippen molar-refractivity contribution in [2.24, 2.45) is 5.41 Å². The fourth-order valence-corrected chi connectivity index (χ4v) is 5.15. The Hall–Kier alpha value is -3.62. The van der Waals surface area contributed by atoms with E-state index in [0.717, 1.165) is 5.56 Å². The van der Waals surface area contributed by atoms with Crippen LogP contribution >= 0.6 is 0 Å². The van der Waals surface area contributed by atoms with Gasteiger partial charge in [0.2, 0.25) is 0 Å². The molecule has 2 aliphatic rings. The lowest BCUT2D eigenvalue weighted by Gasteiger charge is -2.45. The molecule has 1 amide bonds. The lowest BCUT2D eigenvalue weighted by Crippen LogP contribution is -2.55. The molecule has 0 saturated carbocycles. The van der Waals surface area contributed by atoms with E-state index >= 15 is 0 Å². The number of fused-ring (bicyclic) bond motifs is 1. The molecule has 0 radical (unpaired) electrons. The van der Waals surface area contributed by atoms with Gasteiger partial charge in [0.1, 0.15) is 17.0 Å². The summed E-state index contributed by atoms with van der Waals surface area (Å²) in [5.41, 5.74) is -0.956. The molecule has 36 heavy (non-hydrogen) atoms. The predicted molar refractivity (Wildman–Crippen MR) is 125 cm³/mol. The van der Waals surface area contributed by atoms with Crippen LogP contribution in [-0.4, -0.2) is 36.0 Å². The van der Waals surface area contributed by atoms with Gasteiger partial charge < -0.3 is 9.64 Å². The van der Waals surface area contributed by atoms with Gasteiger partial charge in [0.25, 0.3) is 5.91 Å². The molecule has 3 aromatic carbocycles. The highest BCUT2D eigenvalue weighted by Gasteiger charge is 2.66. The zero-order chi connectivity index (χ0) is 25.3. The SMILES string of the molecule is CCOC(=O)C12CN(Cc3ccccc3)C(=O)C1OOC(c1ccc(F)cc1)(c1ccc(F)cc1)C2. The number of halogens is 2. The minimum absolute atomic E-state index is 0.0300. The number of nitrogens with zero attached hydrogens (tertiary/aromatic N) is 1. The van der Waals surface area contributed by atoms with E-state index in [1.54, 1.807) is 11.8 Å². The molecule has 2 saturated heterocycles. The molecule has 2 atom stereocenters. The molecule has 186 valence electrons. The van der Waals surface area contributed by atoms with Crippen molar-refractivity contribution in [3.8, 4) is 0 Å². The minimum Gasteiger partial charge on any atom is -0.465 e. The number of amides is 1. The molecule has 6 nitrogen and oxygen atoms in total. The second-order valence-corrected chi connectivity index (χ2v) is 9.13. The molecule has 2 unspecified atom stereocenters. The molecule has 2 heterocycles. The summed E-state index contributed by atoms with van der Waals surface area (Å²) >= 11 is 0. The third-order valence-corrected chi connectivity index (χ3v) is 6.88. The van der Waals surface area contributed by atoms with Crippen molar-refractivity contribution < 1.29 is 32.9 Å². The first-order valence-corrected chi connectivity index (χ1v) is 11.7. The Balaban J connectivity index is 1.61. The Morgan fingerprint density at radius 1 is 0.972 bits per heavy atom. The van der Waals surface area contributed by atoms with Gasteiger partial charge in [-0.15, -0.1) is 0 Å². The number of carbonyl (C=O) groups is 2. The van der Waals surface area contributed by atoms with Gasteiger partial charge >= 0.3 is 5.97 Å². The van der Waals surface area contributed by atoms with E-state index in [1.807, 2.05) is 30.3 Å². The fraction of sp³-hybridized carbons (Fsp3) is 0.286. The van der Waals surface area contributed by atoms with Crippen molar-refractivity contribution in [1.82, 2.24) is 4.90 Å².